The Labute approximate surface area is 164 Å². The largest absolute Gasteiger partial charge is 0.366 e. The molecular weight excluding hydrogens is 352 g/mol. The molecule has 3 aliphatic rings. The Morgan fingerprint density at radius 2 is 1.64 bits per heavy atom. The zero-order valence-electron chi connectivity index (χ0n) is 15.8. The Hall–Kier alpha value is -2.63. The highest BCUT2D eigenvalue weighted by atomic mass is 16.7. The van der Waals surface area contributed by atoms with Gasteiger partial charge in [0.05, 0.1) is 17.6 Å². The van der Waals surface area contributed by atoms with E-state index in [0.29, 0.717) is 12.5 Å². The highest BCUT2D eigenvalue weighted by Crippen LogP contribution is 2.31. The molecule has 6 rings (SSSR count). The van der Waals surface area contributed by atoms with Crippen molar-refractivity contribution in [1.82, 2.24) is 9.63 Å². The van der Waals surface area contributed by atoms with Crippen molar-refractivity contribution in [1.29, 1.82) is 0 Å². The Balaban J connectivity index is 1.25. The topological polar surface area (TPSA) is 43.7 Å². The van der Waals surface area contributed by atoms with Gasteiger partial charge in [0.2, 0.25) is 0 Å². The second-order valence-corrected chi connectivity index (χ2v) is 7.64. The van der Waals surface area contributed by atoms with E-state index in [2.05, 4.69) is 11.0 Å². The molecule has 0 radical (unpaired) electrons. The Morgan fingerprint density at radius 3 is 2.25 bits per heavy atom. The third-order valence-electron chi connectivity index (χ3n) is 5.93. The summed E-state index contributed by atoms with van der Waals surface area (Å²) in [5.74, 6) is 0.317. The predicted octanol–water partition coefficient (Wildman–Crippen LogP) is 3.42. The molecule has 3 aromatic rings. The zero-order valence-corrected chi connectivity index (χ0v) is 15.8. The fourth-order valence-electron chi connectivity index (χ4n) is 4.50. The van der Waals surface area contributed by atoms with Gasteiger partial charge in [0.1, 0.15) is 6.61 Å². The molecule has 4 heterocycles. The predicted molar refractivity (Wildman–Crippen MR) is 109 cm³/mol. The lowest BCUT2D eigenvalue weighted by Gasteiger charge is -2.41. The van der Waals surface area contributed by atoms with Crippen LogP contribution in [0.2, 0.25) is 0 Å². The molecule has 0 spiro atoms. The van der Waals surface area contributed by atoms with Crippen LogP contribution in [0.4, 0.5) is 0 Å². The van der Waals surface area contributed by atoms with Crippen LogP contribution in [-0.4, -0.2) is 48.4 Å². The summed E-state index contributed by atoms with van der Waals surface area (Å²) >= 11 is 0. The number of carbonyl (C=O) groups is 1. The van der Waals surface area contributed by atoms with Gasteiger partial charge in [-0.05, 0) is 44.0 Å². The number of carbonyl (C=O) groups excluding carboxylic acids is 1. The van der Waals surface area contributed by atoms with Crippen molar-refractivity contribution in [2.75, 3.05) is 32.8 Å². The number of nitrogens with zero attached hydrogens (tertiary/aromatic N) is 2. The molecule has 3 saturated heterocycles. The van der Waals surface area contributed by atoms with E-state index in [-0.39, 0.29) is 12.6 Å². The van der Waals surface area contributed by atoms with E-state index in [1.165, 1.54) is 31.5 Å². The number of para-hydroxylation sites is 2. The summed E-state index contributed by atoms with van der Waals surface area (Å²) in [5, 5.41) is 2.14. The third kappa shape index (κ3) is 3.21. The molecule has 0 saturated carbocycles. The van der Waals surface area contributed by atoms with E-state index in [0.717, 1.165) is 28.4 Å². The first kappa shape index (κ1) is 17.5. The molecule has 2 aromatic carbocycles. The van der Waals surface area contributed by atoms with Crippen molar-refractivity contribution in [3.8, 4) is 0 Å². The van der Waals surface area contributed by atoms with Gasteiger partial charge in [-0.1, -0.05) is 48.0 Å². The van der Waals surface area contributed by atoms with E-state index in [4.69, 9.17) is 9.57 Å². The molecule has 3 fully saturated rings. The van der Waals surface area contributed by atoms with Crippen molar-refractivity contribution < 1.29 is 14.4 Å². The monoisotopic (exact) mass is 376 g/mol. The van der Waals surface area contributed by atoms with Gasteiger partial charge in [-0.2, -0.15) is 4.73 Å². The van der Waals surface area contributed by atoms with Crippen LogP contribution in [0.15, 0.2) is 60.2 Å². The van der Waals surface area contributed by atoms with Crippen LogP contribution in [-0.2, 0) is 9.53 Å². The molecule has 0 N–H and O–H groups in total. The van der Waals surface area contributed by atoms with Gasteiger partial charge in [-0.25, -0.2) is 4.79 Å². The number of benzene rings is 2. The number of hydrogen-bond donors (Lipinski definition) is 0. The first-order valence-electron chi connectivity index (χ1n) is 9.98. The van der Waals surface area contributed by atoms with E-state index in [1.54, 1.807) is 4.73 Å². The molecule has 28 heavy (non-hydrogen) atoms. The fraction of sp³-hybridized carbons (Fsp3) is 0.348. The van der Waals surface area contributed by atoms with Gasteiger partial charge >= 0.3 is 5.97 Å². The number of fused-ring (bicyclic) bond motifs is 6. The van der Waals surface area contributed by atoms with Crippen molar-refractivity contribution in [3.63, 3.8) is 0 Å². The molecule has 5 heteroatoms. The van der Waals surface area contributed by atoms with E-state index < -0.39 is 0 Å². The lowest BCUT2D eigenvalue weighted by atomic mass is 9.84. The molecule has 1 aromatic heterocycles. The molecule has 0 amide bonds. The Kier molecular flexibility index (Phi) is 4.63. The number of hydrogen-bond acceptors (Lipinski definition) is 4. The van der Waals surface area contributed by atoms with E-state index in [9.17, 15) is 4.79 Å². The van der Waals surface area contributed by atoms with Gasteiger partial charge < -0.3 is 9.57 Å². The van der Waals surface area contributed by atoms with Gasteiger partial charge in [0.25, 0.3) is 0 Å². The first-order chi connectivity index (χ1) is 13.8. The summed E-state index contributed by atoms with van der Waals surface area (Å²) in [6.07, 6.45) is 4.66. The highest BCUT2D eigenvalue weighted by Gasteiger charge is 2.28. The minimum absolute atomic E-state index is 0.0566. The van der Waals surface area contributed by atoms with Crippen molar-refractivity contribution >= 4 is 27.8 Å². The molecule has 3 aliphatic heterocycles. The van der Waals surface area contributed by atoms with Crippen molar-refractivity contribution in [2.45, 2.75) is 12.8 Å². The van der Waals surface area contributed by atoms with Gasteiger partial charge in [-0.15, -0.1) is 0 Å². The summed E-state index contributed by atoms with van der Waals surface area (Å²) in [6, 6.07) is 15.9. The second-order valence-electron chi connectivity index (χ2n) is 7.64. The molecule has 144 valence electrons. The smallest absolute Gasteiger partial charge is 0.358 e. The maximum Gasteiger partial charge on any atom is 0.358 e. The highest BCUT2D eigenvalue weighted by molar-refractivity contribution is 6.07. The maximum absolute atomic E-state index is 12.4. The molecule has 0 atom stereocenters. The number of ether oxygens (including phenoxy) is 1. The zero-order chi connectivity index (χ0) is 18.9. The number of piperidine rings is 3. The maximum atomic E-state index is 12.4. The van der Waals surface area contributed by atoms with Crippen LogP contribution in [0.25, 0.3) is 21.8 Å². The molecule has 5 nitrogen and oxygen atoms in total. The van der Waals surface area contributed by atoms with Gasteiger partial charge in [0.15, 0.2) is 0 Å². The van der Waals surface area contributed by atoms with Gasteiger partial charge in [-0.3, -0.25) is 4.90 Å². The second kappa shape index (κ2) is 7.41. The summed E-state index contributed by atoms with van der Waals surface area (Å²) < 4.78 is 7.21. The third-order valence-corrected chi connectivity index (χ3v) is 5.93. The summed E-state index contributed by atoms with van der Waals surface area (Å²) in [4.78, 5) is 20.5. The van der Waals surface area contributed by atoms with Crippen LogP contribution < -0.4 is 4.84 Å². The SMILES string of the molecule is O=C(COCC=C1CN2CCC1CC2)On1c2ccccc2c2ccccc21. The standard InChI is InChI=1S/C23H24N2O3/c26-23(16-27-14-11-18-15-24-12-9-17(18)10-13-24)28-25-21-7-3-1-5-19(21)20-6-2-4-8-22(20)25/h1-8,11,17H,9-10,12-16H2. The normalized spacial score (nSPS) is 22.9. The minimum Gasteiger partial charge on any atom is -0.366 e. The number of rotatable bonds is 5. The van der Waals surface area contributed by atoms with Crippen molar-refractivity contribution in [2.24, 2.45) is 5.92 Å². The lowest BCUT2D eigenvalue weighted by molar-refractivity contribution is -0.148. The van der Waals surface area contributed by atoms with Crippen LogP contribution in [0, 0.1) is 5.92 Å². The van der Waals surface area contributed by atoms with Crippen LogP contribution in [0.3, 0.4) is 0 Å². The van der Waals surface area contributed by atoms with Crippen LogP contribution >= 0.6 is 0 Å². The lowest BCUT2D eigenvalue weighted by Crippen LogP contribution is -2.43. The van der Waals surface area contributed by atoms with Crippen LogP contribution in [0.1, 0.15) is 12.8 Å². The average Bonchev–Trinajstić information content (AvgIpc) is 3.06. The molecular formula is C23H24N2O3. The fourth-order valence-corrected chi connectivity index (χ4v) is 4.50. The Bertz CT molecular complexity index is 991. The number of aromatic nitrogens is 1. The first-order valence-corrected chi connectivity index (χ1v) is 9.98. The average molecular weight is 376 g/mol. The molecule has 2 bridgehead atoms. The molecule has 0 aliphatic carbocycles. The van der Waals surface area contributed by atoms with Gasteiger partial charge in [0, 0.05) is 17.3 Å². The minimum atomic E-state index is -0.390. The van der Waals surface area contributed by atoms with E-state index in [1.807, 2.05) is 48.5 Å². The van der Waals surface area contributed by atoms with Crippen LogP contribution in [0.5, 0.6) is 0 Å². The summed E-state index contributed by atoms with van der Waals surface area (Å²) in [6.45, 7) is 3.89. The van der Waals surface area contributed by atoms with Crippen molar-refractivity contribution in [3.05, 3.63) is 60.2 Å². The Morgan fingerprint density at radius 1 is 1.00 bits per heavy atom. The summed E-state index contributed by atoms with van der Waals surface area (Å²) in [7, 11) is 0. The summed E-state index contributed by atoms with van der Waals surface area (Å²) in [5.41, 5.74) is 3.23. The molecule has 0 unspecified atom stereocenters. The van der Waals surface area contributed by atoms with E-state index >= 15 is 0 Å². The quantitative estimate of drug-likeness (QED) is 0.506.